The molecular formula is C9H7BrF3NO4. The highest BCUT2D eigenvalue weighted by Gasteiger charge is 2.35. The van der Waals surface area contributed by atoms with E-state index in [0.717, 1.165) is 6.07 Å². The number of aromatic nitrogens is 1. The number of alkyl halides is 4. The number of carbonyl (C=O) groups is 1. The van der Waals surface area contributed by atoms with E-state index in [1.807, 2.05) is 0 Å². The number of carboxylic acid groups (broad SMARTS) is 1. The second-order valence-electron chi connectivity index (χ2n) is 2.97. The lowest BCUT2D eigenvalue weighted by molar-refractivity contribution is -0.275. The molecule has 1 aromatic rings. The smallest absolute Gasteiger partial charge is 0.481 e. The number of pyridine rings is 1. The molecule has 0 fully saturated rings. The first kappa shape index (κ1) is 14.6. The Labute approximate surface area is 108 Å². The van der Waals surface area contributed by atoms with E-state index in [1.54, 1.807) is 0 Å². The Balaban J connectivity index is 3.39. The van der Waals surface area contributed by atoms with Crippen LogP contribution in [0.3, 0.4) is 0 Å². The van der Waals surface area contributed by atoms with Crippen molar-refractivity contribution in [3.63, 3.8) is 0 Å². The summed E-state index contributed by atoms with van der Waals surface area (Å²) in [7, 11) is 1.22. The van der Waals surface area contributed by atoms with Crippen LogP contribution in [0.4, 0.5) is 13.2 Å². The number of nitrogens with zero attached hydrogens (tertiary/aromatic N) is 1. The normalized spacial score (nSPS) is 11.2. The van der Waals surface area contributed by atoms with Gasteiger partial charge in [0.15, 0.2) is 5.75 Å². The van der Waals surface area contributed by atoms with Crippen LogP contribution in [-0.4, -0.2) is 29.5 Å². The van der Waals surface area contributed by atoms with Crippen molar-refractivity contribution in [2.24, 2.45) is 0 Å². The molecule has 0 aromatic carbocycles. The number of hydrogen-bond acceptors (Lipinski definition) is 4. The van der Waals surface area contributed by atoms with Crippen molar-refractivity contribution in [3.05, 3.63) is 17.3 Å². The molecule has 9 heteroatoms. The van der Waals surface area contributed by atoms with E-state index in [2.05, 4.69) is 25.7 Å². The molecule has 0 atom stereocenters. The number of ether oxygens (including phenoxy) is 2. The van der Waals surface area contributed by atoms with Gasteiger partial charge in [-0.15, -0.1) is 13.2 Å². The van der Waals surface area contributed by atoms with Crippen LogP contribution in [0.1, 0.15) is 16.1 Å². The van der Waals surface area contributed by atoms with Gasteiger partial charge in [-0.3, -0.25) is 0 Å². The number of methoxy groups -OCH3 is 1. The molecule has 0 saturated heterocycles. The average Bonchev–Trinajstić information content (AvgIpc) is 2.26. The first-order valence-corrected chi connectivity index (χ1v) is 5.53. The Morgan fingerprint density at radius 2 is 2.17 bits per heavy atom. The number of halogens is 4. The molecule has 0 bridgehead atoms. The van der Waals surface area contributed by atoms with Gasteiger partial charge in [0, 0.05) is 11.4 Å². The van der Waals surface area contributed by atoms with Crippen molar-refractivity contribution < 1.29 is 32.5 Å². The van der Waals surface area contributed by atoms with E-state index in [9.17, 15) is 18.0 Å². The fourth-order valence-electron chi connectivity index (χ4n) is 1.14. The third-order valence-corrected chi connectivity index (χ3v) is 2.33. The summed E-state index contributed by atoms with van der Waals surface area (Å²) in [6.45, 7) is 0. The van der Waals surface area contributed by atoms with Crippen molar-refractivity contribution >= 4 is 21.9 Å². The SMILES string of the molecule is COc1cc(C(=O)O)c(OC(F)(F)F)c(CBr)n1. The minimum atomic E-state index is -5.00. The molecule has 1 rings (SSSR count). The summed E-state index contributed by atoms with van der Waals surface area (Å²) in [5.41, 5.74) is -0.891. The zero-order valence-corrected chi connectivity index (χ0v) is 10.5. The van der Waals surface area contributed by atoms with Gasteiger partial charge in [0.05, 0.1) is 12.8 Å². The van der Waals surface area contributed by atoms with E-state index in [0.29, 0.717) is 0 Å². The van der Waals surface area contributed by atoms with Gasteiger partial charge in [-0.1, -0.05) is 15.9 Å². The van der Waals surface area contributed by atoms with Gasteiger partial charge in [-0.2, -0.15) is 0 Å². The predicted molar refractivity (Wildman–Crippen MR) is 57.1 cm³/mol. The summed E-state index contributed by atoms with van der Waals surface area (Å²) in [6, 6.07) is 0.857. The third kappa shape index (κ3) is 3.49. The topological polar surface area (TPSA) is 68.7 Å². The highest BCUT2D eigenvalue weighted by Crippen LogP contribution is 2.32. The number of carboxylic acids is 1. The largest absolute Gasteiger partial charge is 0.573 e. The summed E-state index contributed by atoms with van der Waals surface area (Å²) in [4.78, 5) is 14.6. The Hall–Kier alpha value is -1.51. The van der Waals surface area contributed by atoms with Crippen molar-refractivity contribution in [2.75, 3.05) is 7.11 Å². The molecule has 100 valence electrons. The van der Waals surface area contributed by atoms with Gasteiger partial charge in [0.2, 0.25) is 5.88 Å². The standard InChI is InChI=1S/C9H7BrF3NO4/c1-17-6-2-4(8(15)16)7(5(3-10)14-6)18-9(11,12)13/h2H,3H2,1H3,(H,15,16). The minimum absolute atomic E-state index is 0.114. The third-order valence-electron chi connectivity index (χ3n) is 1.80. The Morgan fingerprint density at radius 3 is 2.56 bits per heavy atom. The van der Waals surface area contributed by atoms with Crippen LogP contribution in [0.25, 0.3) is 0 Å². The van der Waals surface area contributed by atoms with Crippen LogP contribution in [0, 0.1) is 0 Å². The summed E-state index contributed by atoms with van der Waals surface area (Å²) < 4.78 is 45.0. The number of rotatable bonds is 4. The Kier molecular flexibility index (Phi) is 4.38. The molecule has 1 aromatic heterocycles. The molecule has 0 radical (unpaired) electrons. The van der Waals surface area contributed by atoms with Gasteiger partial charge in [0.25, 0.3) is 0 Å². The molecule has 0 amide bonds. The molecule has 1 heterocycles. The summed E-state index contributed by atoms with van der Waals surface area (Å²) in [5, 5.41) is 8.74. The molecule has 0 saturated carbocycles. The van der Waals surface area contributed by atoms with Gasteiger partial charge in [-0.05, 0) is 0 Å². The van der Waals surface area contributed by atoms with Crippen LogP contribution < -0.4 is 9.47 Å². The second-order valence-corrected chi connectivity index (χ2v) is 3.54. The molecule has 0 aliphatic heterocycles. The molecule has 0 unspecified atom stereocenters. The maximum Gasteiger partial charge on any atom is 0.573 e. The minimum Gasteiger partial charge on any atom is -0.481 e. The van der Waals surface area contributed by atoms with E-state index in [4.69, 9.17) is 9.84 Å². The van der Waals surface area contributed by atoms with Gasteiger partial charge < -0.3 is 14.6 Å². The maximum atomic E-state index is 12.2. The summed E-state index contributed by atoms with van der Waals surface area (Å²) >= 11 is 2.90. The molecule has 5 nitrogen and oxygen atoms in total. The first-order chi connectivity index (χ1) is 8.28. The Morgan fingerprint density at radius 1 is 1.56 bits per heavy atom. The van der Waals surface area contributed by atoms with Gasteiger partial charge in [0.1, 0.15) is 5.56 Å². The summed E-state index contributed by atoms with van der Waals surface area (Å²) in [6.07, 6.45) is -5.00. The molecule has 0 aliphatic carbocycles. The van der Waals surface area contributed by atoms with Gasteiger partial charge in [-0.25, -0.2) is 9.78 Å². The molecule has 1 N–H and O–H groups in total. The quantitative estimate of drug-likeness (QED) is 0.860. The van der Waals surface area contributed by atoms with Crippen LogP contribution in [0.15, 0.2) is 6.07 Å². The van der Waals surface area contributed by atoms with E-state index in [-0.39, 0.29) is 16.9 Å². The zero-order chi connectivity index (χ0) is 13.9. The molecule has 0 spiro atoms. The van der Waals surface area contributed by atoms with Crippen molar-refractivity contribution in [2.45, 2.75) is 11.7 Å². The van der Waals surface area contributed by atoms with E-state index < -0.39 is 23.6 Å². The first-order valence-electron chi connectivity index (χ1n) is 4.41. The fraction of sp³-hybridized carbons (Fsp3) is 0.333. The van der Waals surface area contributed by atoms with Crippen LogP contribution >= 0.6 is 15.9 Å². The average molecular weight is 330 g/mol. The van der Waals surface area contributed by atoms with Crippen molar-refractivity contribution in [1.29, 1.82) is 0 Å². The monoisotopic (exact) mass is 329 g/mol. The van der Waals surface area contributed by atoms with Crippen molar-refractivity contribution in [3.8, 4) is 11.6 Å². The highest BCUT2D eigenvalue weighted by atomic mass is 79.9. The fourth-order valence-corrected chi connectivity index (χ4v) is 1.52. The maximum absolute atomic E-state index is 12.2. The number of aromatic carboxylic acids is 1. The highest BCUT2D eigenvalue weighted by molar-refractivity contribution is 9.08. The van der Waals surface area contributed by atoms with E-state index >= 15 is 0 Å². The second kappa shape index (κ2) is 5.42. The Bertz CT molecular complexity index is 464. The van der Waals surface area contributed by atoms with Crippen LogP contribution in [0.2, 0.25) is 0 Å². The zero-order valence-electron chi connectivity index (χ0n) is 8.92. The van der Waals surface area contributed by atoms with Crippen LogP contribution in [-0.2, 0) is 5.33 Å². The molecule has 0 aliphatic rings. The lowest BCUT2D eigenvalue weighted by atomic mass is 10.2. The molecular weight excluding hydrogens is 323 g/mol. The predicted octanol–water partition coefficient (Wildman–Crippen LogP) is 2.58. The van der Waals surface area contributed by atoms with Crippen molar-refractivity contribution in [1.82, 2.24) is 4.98 Å². The lowest BCUT2D eigenvalue weighted by Gasteiger charge is -2.14. The summed E-state index contributed by atoms with van der Waals surface area (Å²) in [5.74, 6) is -2.54. The molecule has 18 heavy (non-hydrogen) atoms. The van der Waals surface area contributed by atoms with E-state index in [1.165, 1.54) is 7.11 Å². The number of hydrogen-bond donors (Lipinski definition) is 1. The van der Waals surface area contributed by atoms with Crippen LogP contribution in [0.5, 0.6) is 11.6 Å². The van der Waals surface area contributed by atoms with Gasteiger partial charge >= 0.3 is 12.3 Å². The lowest BCUT2D eigenvalue weighted by Crippen LogP contribution is -2.20.